The molecule has 0 saturated carbocycles. The molecule has 4 aromatic rings. The first kappa shape index (κ1) is 30.5. The van der Waals surface area contributed by atoms with Gasteiger partial charge >= 0.3 is 0 Å². The van der Waals surface area contributed by atoms with E-state index in [9.17, 15) is 13.2 Å². The Bertz CT molecular complexity index is 1540. The van der Waals surface area contributed by atoms with Gasteiger partial charge in [-0.3, -0.25) is 14.4 Å². The summed E-state index contributed by atoms with van der Waals surface area (Å²) in [5.41, 5.74) is 1.30. The monoisotopic (exact) mass is 610 g/mol. The molecule has 0 fully saturated rings. The number of aromatic nitrogens is 1. The number of hydrogen-bond donors (Lipinski definition) is 1. The number of nitrogens with zero attached hydrogens (tertiary/aromatic N) is 3. The highest BCUT2D eigenvalue weighted by Crippen LogP contribution is 2.39. The second kappa shape index (κ2) is 12.8. The number of ether oxygens (including phenoxy) is 2. The topological polar surface area (TPSA) is 101 Å². The summed E-state index contributed by atoms with van der Waals surface area (Å²) in [6.07, 6.45) is 0. The Morgan fingerprint density at radius 2 is 1.64 bits per heavy atom. The van der Waals surface area contributed by atoms with Crippen molar-refractivity contribution in [3.63, 3.8) is 0 Å². The molecule has 208 valence electrons. The molecule has 0 aliphatic carbocycles. The van der Waals surface area contributed by atoms with Crippen molar-refractivity contribution in [1.29, 1.82) is 0 Å². The van der Waals surface area contributed by atoms with Crippen LogP contribution >= 0.6 is 35.3 Å². The number of sulfonamides is 1. The number of halogens is 2. The zero-order chi connectivity index (χ0) is 27.4. The van der Waals surface area contributed by atoms with Crippen LogP contribution in [0.15, 0.2) is 65.6 Å². The normalized spacial score (nSPS) is 11.2. The Morgan fingerprint density at radius 1 is 0.974 bits per heavy atom. The third kappa shape index (κ3) is 6.92. The number of carbonyl (C=O) groups is 1. The van der Waals surface area contributed by atoms with Gasteiger partial charge in [0.05, 0.1) is 28.8 Å². The van der Waals surface area contributed by atoms with E-state index in [0.29, 0.717) is 51.5 Å². The Kier molecular flexibility index (Phi) is 10.0. The van der Waals surface area contributed by atoms with E-state index < -0.39 is 10.0 Å². The highest BCUT2D eigenvalue weighted by atomic mass is 35.5. The Labute approximate surface area is 242 Å². The van der Waals surface area contributed by atoms with Gasteiger partial charge in [-0.1, -0.05) is 22.9 Å². The van der Waals surface area contributed by atoms with Crippen LogP contribution in [0.3, 0.4) is 0 Å². The summed E-state index contributed by atoms with van der Waals surface area (Å²) in [6.45, 7) is 0.990. The molecule has 1 N–H and O–H groups in total. The highest BCUT2D eigenvalue weighted by molar-refractivity contribution is 7.92. The average Bonchev–Trinajstić information content (AvgIpc) is 3.35. The van der Waals surface area contributed by atoms with E-state index in [2.05, 4.69) is 9.71 Å². The van der Waals surface area contributed by atoms with Gasteiger partial charge in [-0.15, -0.1) is 12.4 Å². The molecular weight excluding hydrogens is 583 g/mol. The van der Waals surface area contributed by atoms with Crippen LogP contribution in [0.1, 0.15) is 10.4 Å². The predicted molar refractivity (Wildman–Crippen MR) is 159 cm³/mol. The number of methoxy groups -OCH3 is 2. The summed E-state index contributed by atoms with van der Waals surface area (Å²) in [4.78, 5) is 21.9. The number of carbonyl (C=O) groups excluding carboxylic acids is 1. The third-order valence-corrected chi connectivity index (χ3v) is 8.60. The van der Waals surface area contributed by atoms with E-state index in [1.165, 1.54) is 30.6 Å². The first-order valence-corrected chi connectivity index (χ1v) is 14.2. The highest BCUT2D eigenvalue weighted by Gasteiger charge is 2.24. The number of nitrogens with one attached hydrogen (secondary N) is 1. The van der Waals surface area contributed by atoms with Gasteiger partial charge in [-0.25, -0.2) is 13.4 Å². The molecule has 0 spiro atoms. The van der Waals surface area contributed by atoms with Crippen LogP contribution in [0.5, 0.6) is 11.5 Å². The lowest BCUT2D eigenvalue weighted by atomic mass is 10.2. The first-order valence-electron chi connectivity index (χ1n) is 11.5. The number of rotatable bonds is 10. The number of amides is 1. The number of thiazole rings is 1. The number of fused-ring (bicyclic) bond motifs is 1. The van der Waals surface area contributed by atoms with E-state index >= 15 is 0 Å². The van der Waals surface area contributed by atoms with Gasteiger partial charge in [0.25, 0.3) is 15.9 Å². The van der Waals surface area contributed by atoms with Gasteiger partial charge in [0.15, 0.2) is 5.13 Å². The molecule has 1 aromatic heterocycles. The lowest BCUT2D eigenvalue weighted by Gasteiger charge is -2.22. The molecule has 0 bridgehead atoms. The maximum atomic E-state index is 13.6. The molecule has 0 radical (unpaired) electrons. The van der Waals surface area contributed by atoms with Crippen molar-refractivity contribution in [2.75, 3.05) is 51.0 Å². The fraction of sp³-hybridized carbons (Fsp3) is 0.231. The molecule has 1 amide bonds. The van der Waals surface area contributed by atoms with E-state index in [-0.39, 0.29) is 23.2 Å². The standard InChI is InChI=1S/C26H27ClN4O5S2.ClH/c1-30(2)15-16-31(26-28-23-22(36-4)14-13-21(27)24(23)37-26)25(32)17-5-7-18(8-6-17)29-38(33,34)20-11-9-19(35-3)10-12-20;/h5-14,29H,15-16H2,1-4H3;1H. The Morgan fingerprint density at radius 3 is 2.23 bits per heavy atom. The van der Waals surface area contributed by atoms with Crippen LogP contribution in [0.2, 0.25) is 5.02 Å². The number of likely N-dealkylation sites (N-methyl/N-ethyl adjacent to an activating group) is 1. The zero-order valence-electron chi connectivity index (χ0n) is 21.7. The first-order chi connectivity index (χ1) is 18.1. The lowest BCUT2D eigenvalue weighted by Crippen LogP contribution is -2.36. The van der Waals surface area contributed by atoms with Crippen LogP contribution in [-0.4, -0.2) is 65.6 Å². The minimum atomic E-state index is -3.81. The van der Waals surface area contributed by atoms with E-state index in [0.717, 1.165) is 4.70 Å². The predicted octanol–water partition coefficient (Wildman–Crippen LogP) is 5.40. The van der Waals surface area contributed by atoms with Crippen LogP contribution in [0.25, 0.3) is 10.2 Å². The average molecular weight is 612 g/mol. The van der Waals surface area contributed by atoms with Crippen LogP contribution in [0, 0.1) is 0 Å². The van der Waals surface area contributed by atoms with Crippen molar-refractivity contribution in [2.24, 2.45) is 0 Å². The molecule has 0 atom stereocenters. The largest absolute Gasteiger partial charge is 0.497 e. The summed E-state index contributed by atoms with van der Waals surface area (Å²) in [6, 6.07) is 15.8. The second-order valence-corrected chi connectivity index (χ2v) is 11.6. The molecular formula is C26H28Cl2N4O5S2. The summed E-state index contributed by atoms with van der Waals surface area (Å²) in [5, 5.41) is 1.01. The van der Waals surface area contributed by atoms with E-state index in [1.807, 2.05) is 19.0 Å². The SMILES string of the molecule is COc1ccc(S(=O)(=O)Nc2ccc(C(=O)N(CCN(C)C)c3nc4c(OC)ccc(Cl)c4s3)cc2)cc1.Cl. The molecule has 0 unspecified atom stereocenters. The molecule has 4 rings (SSSR count). The molecule has 0 saturated heterocycles. The van der Waals surface area contributed by atoms with Gasteiger partial charge in [0, 0.05) is 24.3 Å². The van der Waals surface area contributed by atoms with E-state index in [1.54, 1.807) is 60.5 Å². The minimum Gasteiger partial charge on any atom is -0.497 e. The fourth-order valence-electron chi connectivity index (χ4n) is 3.61. The quantitative estimate of drug-likeness (QED) is 0.256. The molecule has 9 nitrogen and oxygen atoms in total. The van der Waals surface area contributed by atoms with Crippen LogP contribution in [-0.2, 0) is 10.0 Å². The maximum Gasteiger partial charge on any atom is 0.261 e. The van der Waals surface area contributed by atoms with Crippen molar-refractivity contribution >= 4 is 72.3 Å². The van der Waals surface area contributed by atoms with Crippen molar-refractivity contribution in [2.45, 2.75) is 4.90 Å². The van der Waals surface area contributed by atoms with Crippen molar-refractivity contribution < 1.29 is 22.7 Å². The zero-order valence-corrected chi connectivity index (χ0v) is 24.9. The molecule has 3 aromatic carbocycles. The summed E-state index contributed by atoms with van der Waals surface area (Å²) < 4.78 is 39.3. The van der Waals surface area contributed by atoms with Gasteiger partial charge < -0.3 is 14.4 Å². The van der Waals surface area contributed by atoms with Gasteiger partial charge in [0.2, 0.25) is 0 Å². The number of benzene rings is 3. The van der Waals surface area contributed by atoms with Gasteiger partial charge in [-0.05, 0) is 74.8 Å². The fourth-order valence-corrected chi connectivity index (χ4v) is 5.95. The van der Waals surface area contributed by atoms with Gasteiger partial charge in [-0.2, -0.15) is 0 Å². The van der Waals surface area contributed by atoms with Crippen LogP contribution < -0.4 is 19.1 Å². The lowest BCUT2D eigenvalue weighted by molar-refractivity contribution is 0.0985. The number of anilines is 2. The van der Waals surface area contributed by atoms with Crippen LogP contribution in [0.4, 0.5) is 10.8 Å². The smallest absolute Gasteiger partial charge is 0.261 e. The summed E-state index contributed by atoms with van der Waals surface area (Å²) >= 11 is 7.71. The Balaban J connectivity index is 0.00000420. The van der Waals surface area contributed by atoms with Gasteiger partial charge in [0.1, 0.15) is 17.0 Å². The van der Waals surface area contributed by atoms with E-state index in [4.69, 9.17) is 21.1 Å². The Hall–Kier alpha value is -3.09. The minimum absolute atomic E-state index is 0. The summed E-state index contributed by atoms with van der Waals surface area (Å²) in [5.74, 6) is 0.852. The second-order valence-electron chi connectivity index (χ2n) is 8.54. The summed E-state index contributed by atoms with van der Waals surface area (Å²) in [7, 11) is 3.09. The molecule has 13 heteroatoms. The number of hydrogen-bond acceptors (Lipinski definition) is 8. The van der Waals surface area contributed by atoms with Crippen molar-refractivity contribution in [3.05, 3.63) is 71.2 Å². The molecule has 0 aliphatic heterocycles. The van der Waals surface area contributed by atoms with Crippen molar-refractivity contribution in [3.8, 4) is 11.5 Å². The molecule has 39 heavy (non-hydrogen) atoms. The molecule has 0 aliphatic rings. The molecule has 1 heterocycles. The maximum absolute atomic E-state index is 13.6. The third-order valence-electron chi connectivity index (χ3n) is 5.67. The van der Waals surface area contributed by atoms with Crippen molar-refractivity contribution in [1.82, 2.24) is 9.88 Å².